The van der Waals surface area contributed by atoms with Gasteiger partial charge in [0.25, 0.3) is 0 Å². The second-order valence-corrected chi connectivity index (χ2v) is 5.31. The summed E-state index contributed by atoms with van der Waals surface area (Å²) in [5, 5.41) is 9.87. The number of aliphatic hydroxyl groups excluding tert-OH is 1. The van der Waals surface area contributed by atoms with Gasteiger partial charge in [-0.2, -0.15) is 0 Å². The van der Waals surface area contributed by atoms with Crippen molar-refractivity contribution < 1.29 is 14.6 Å². The van der Waals surface area contributed by atoms with E-state index in [4.69, 9.17) is 10.5 Å². The zero-order chi connectivity index (χ0) is 14.5. The fraction of sp³-hybridized carbons (Fsp3) is 0.533. The van der Waals surface area contributed by atoms with Crippen LogP contribution in [-0.2, 0) is 4.79 Å². The number of nitrogens with two attached hydrogens (primary N) is 1. The Morgan fingerprint density at radius 1 is 1.50 bits per heavy atom. The van der Waals surface area contributed by atoms with Gasteiger partial charge in [-0.25, -0.2) is 0 Å². The molecule has 0 saturated carbocycles. The molecular weight excluding hydrogens is 256 g/mol. The van der Waals surface area contributed by atoms with E-state index in [9.17, 15) is 9.90 Å². The van der Waals surface area contributed by atoms with Gasteiger partial charge in [0.1, 0.15) is 12.4 Å². The molecule has 1 aromatic carbocycles. The van der Waals surface area contributed by atoms with Crippen LogP contribution in [0.1, 0.15) is 19.8 Å². The van der Waals surface area contributed by atoms with Crippen LogP contribution >= 0.6 is 0 Å². The molecule has 0 bridgehead atoms. The lowest BCUT2D eigenvalue weighted by Gasteiger charge is -2.32. The Balaban J connectivity index is 1.90. The van der Waals surface area contributed by atoms with Crippen molar-refractivity contribution in [2.24, 2.45) is 11.7 Å². The number of rotatable bonds is 6. The van der Waals surface area contributed by atoms with Crippen LogP contribution in [-0.4, -0.2) is 36.8 Å². The Bertz CT molecular complexity index is 464. The first-order valence-electron chi connectivity index (χ1n) is 7.01. The van der Waals surface area contributed by atoms with Crippen molar-refractivity contribution in [3.63, 3.8) is 0 Å². The number of aliphatic hydroxyl groups is 1. The smallest absolute Gasteiger partial charge is 0.220 e. The number of fused-ring (bicyclic) bond motifs is 1. The maximum Gasteiger partial charge on any atom is 0.220 e. The first kappa shape index (κ1) is 14.7. The van der Waals surface area contributed by atoms with E-state index in [0.717, 1.165) is 30.9 Å². The fourth-order valence-corrected chi connectivity index (χ4v) is 2.42. The maximum absolute atomic E-state index is 10.8. The predicted molar refractivity (Wildman–Crippen MR) is 77.7 cm³/mol. The van der Waals surface area contributed by atoms with Gasteiger partial charge >= 0.3 is 0 Å². The van der Waals surface area contributed by atoms with Crippen molar-refractivity contribution in [1.29, 1.82) is 0 Å². The summed E-state index contributed by atoms with van der Waals surface area (Å²) >= 11 is 0. The van der Waals surface area contributed by atoms with E-state index in [1.165, 1.54) is 0 Å². The third kappa shape index (κ3) is 3.63. The molecule has 1 amide bonds. The molecule has 2 atom stereocenters. The molecule has 3 N–H and O–H groups in total. The molecule has 5 nitrogen and oxygen atoms in total. The monoisotopic (exact) mass is 278 g/mol. The molecule has 1 aromatic rings. The zero-order valence-corrected chi connectivity index (χ0v) is 11.8. The van der Waals surface area contributed by atoms with Crippen LogP contribution in [0.3, 0.4) is 0 Å². The number of carbonyl (C=O) groups excluding carboxylic acids is 1. The number of amides is 1. The maximum atomic E-state index is 10.8. The lowest BCUT2D eigenvalue weighted by atomic mass is 9.97. The van der Waals surface area contributed by atoms with E-state index >= 15 is 0 Å². The second kappa shape index (κ2) is 6.61. The van der Waals surface area contributed by atoms with Gasteiger partial charge in [0.15, 0.2) is 0 Å². The van der Waals surface area contributed by atoms with Gasteiger partial charge in [-0.3, -0.25) is 4.79 Å². The second-order valence-electron chi connectivity index (χ2n) is 5.31. The summed E-state index contributed by atoms with van der Waals surface area (Å²) in [7, 11) is 0. The number of para-hydroxylation sites is 2. The molecule has 1 heterocycles. The first-order chi connectivity index (χ1) is 9.58. The van der Waals surface area contributed by atoms with E-state index in [0.29, 0.717) is 6.61 Å². The molecule has 0 unspecified atom stereocenters. The van der Waals surface area contributed by atoms with Gasteiger partial charge in [-0.05, 0) is 24.5 Å². The van der Waals surface area contributed by atoms with E-state index in [-0.39, 0.29) is 12.3 Å². The molecular formula is C15H22N2O3. The van der Waals surface area contributed by atoms with Gasteiger partial charge in [0, 0.05) is 6.54 Å². The Morgan fingerprint density at radius 3 is 3.00 bits per heavy atom. The highest BCUT2D eigenvalue weighted by Crippen LogP contribution is 2.31. The lowest BCUT2D eigenvalue weighted by Crippen LogP contribution is -2.35. The summed E-state index contributed by atoms with van der Waals surface area (Å²) in [5.74, 6) is 0.489. The Labute approximate surface area is 119 Å². The van der Waals surface area contributed by atoms with E-state index in [1.54, 1.807) is 0 Å². The van der Waals surface area contributed by atoms with Crippen molar-refractivity contribution in [1.82, 2.24) is 0 Å². The molecule has 2 rings (SSSR count). The van der Waals surface area contributed by atoms with Gasteiger partial charge in [0.05, 0.1) is 24.8 Å². The molecule has 0 radical (unpaired) electrons. The summed E-state index contributed by atoms with van der Waals surface area (Å²) in [6.07, 6.45) is 0.174. The Kier molecular flexibility index (Phi) is 4.84. The number of benzene rings is 1. The third-order valence-electron chi connectivity index (χ3n) is 3.75. The van der Waals surface area contributed by atoms with Crippen molar-refractivity contribution in [3.8, 4) is 5.75 Å². The van der Waals surface area contributed by atoms with Crippen molar-refractivity contribution in [2.45, 2.75) is 25.9 Å². The van der Waals surface area contributed by atoms with E-state index in [1.807, 2.05) is 31.2 Å². The quantitative estimate of drug-likeness (QED) is 0.818. The Hall–Kier alpha value is -1.75. The largest absolute Gasteiger partial charge is 0.490 e. The molecule has 5 heteroatoms. The molecule has 110 valence electrons. The highest BCUT2D eigenvalue weighted by Gasteiger charge is 2.21. The molecule has 0 spiro atoms. The molecule has 0 saturated heterocycles. The van der Waals surface area contributed by atoms with Crippen LogP contribution in [0.5, 0.6) is 5.75 Å². The lowest BCUT2D eigenvalue weighted by molar-refractivity contribution is -0.120. The minimum Gasteiger partial charge on any atom is -0.490 e. The number of carbonyl (C=O) groups is 1. The molecule has 20 heavy (non-hydrogen) atoms. The summed E-state index contributed by atoms with van der Waals surface area (Å²) in [6, 6.07) is 7.96. The van der Waals surface area contributed by atoms with Crippen molar-refractivity contribution in [2.75, 3.05) is 24.6 Å². The van der Waals surface area contributed by atoms with Gasteiger partial charge in [-0.1, -0.05) is 19.1 Å². The average molecular weight is 278 g/mol. The summed E-state index contributed by atoms with van der Waals surface area (Å²) in [5.41, 5.74) is 6.20. The molecule has 0 fully saturated rings. The number of primary amides is 1. The third-order valence-corrected chi connectivity index (χ3v) is 3.75. The highest BCUT2D eigenvalue weighted by molar-refractivity contribution is 5.74. The Morgan fingerprint density at radius 2 is 2.25 bits per heavy atom. The van der Waals surface area contributed by atoms with Gasteiger partial charge in [-0.15, -0.1) is 0 Å². The zero-order valence-electron chi connectivity index (χ0n) is 11.8. The van der Waals surface area contributed by atoms with Crippen molar-refractivity contribution in [3.05, 3.63) is 24.3 Å². The van der Waals surface area contributed by atoms with Gasteiger partial charge < -0.3 is 20.5 Å². The standard InChI is InChI=1S/C15H22N2O3/c1-11(13(18)10-15(16)19)6-7-17-8-9-20-14-5-3-2-4-12(14)17/h2-5,11,13,18H,6-10H2,1H3,(H2,16,19)/t11-,13+/m1/s1. The number of anilines is 1. The molecule has 1 aliphatic heterocycles. The summed E-state index contributed by atoms with van der Waals surface area (Å²) in [6.45, 7) is 4.29. The van der Waals surface area contributed by atoms with Gasteiger partial charge in [0.2, 0.25) is 5.91 Å². The van der Waals surface area contributed by atoms with Crippen LogP contribution in [0, 0.1) is 5.92 Å². The van der Waals surface area contributed by atoms with Crippen LogP contribution < -0.4 is 15.4 Å². The number of nitrogens with zero attached hydrogens (tertiary/aromatic N) is 1. The molecule has 0 aromatic heterocycles. The first-order valence-corrected chi connectivity index (χ1v) is 7.01. The number of ether oxygens (including phenoxy) is 1. The van der Waals surface area contributed by atoms with Crippen LogP contribution in [0.4, 0.5) is 5.69 Å². The SMILES string of the molecule is C[C@H](CCN1CCOc2ccccc21)[C@@H](O)CC(N)=O. The van der Waals surface area contributed by atoms with Crippen LogP contribution in [0.2, 0.25) is 0 Å². The molecule has 0 aliphatic carbocycles. The normalized spacial score (nSPS) is 17.0. The molecule has 1 aliphatic rings. The topological polar surface area (TPSA) is 75.8 Å². The highest BCUT2D eigenvalue weighted by atomic mass is 16.5. The average Bonchev–Trinajstić information content (AvgIpc) is 2.44. The summed E-state index contributed by atoms with van der Waals surface area (Å²) < 4.78 is 5.61. The van der Waals surface area contributed by atoms with Crippen molar-refractivity contribution >= 4 is 11.6 Å². The summed E-state index contributed by atoms with van der Waals surface area (Å²) in [4.78, 5) is 13.1. The van der Waals surface area contributed by atoms with Crippen LogP contribution in [0.15, 0.2) is 24.3 Å². The minimum absolute atomic E-state index is 0.0286. The predicted octanol–water partition coefficient (Wildman–Crippen LogP) is 1.15. The van der Waals surface area contributed by atoms with E-state index < -0.39 is 12.0 Å². The number of hydrogen-bond acceptors (Lipinski definition) is 4. The van der Waals surface area contributed by atoms with E-state index in [2.05, 4.69) is 4.90 Å². The fourth-order valence-electron chi connectivity index (χ4n) is 2.42. The minimum atomic E-state index is -0.663. The number of hydrogen-bond donors (Lipinski definition) is 2. The van der Waals surface area contributed by atoms with Crippen LogP contribution in [0.25, 0.3) is 0 Å².